The first kappa shape index (κ1) is 16.5. The highest BCUT2D eigenvalue weighted by Gasteiger charge is 2.15. The Balaban J connectivity index is 1.82. The molecule has 0 unspecified atom stereocenters. The van der Waals surface area contributed by atoms with Crippen LogP contribution < -0.4 is 15.5 Å². The van der Waals surface area contributed by atoms with Crippen LogP contribution in [0.1, 0.15) is 19.0 Å². The van der Waals surface area contributed by atoms with Crippen molar-refractivity contribution in [3.05, 3.63) is 36.0 Å². The molecule has 3 rings (SSSR count). The van der Waals surface area contributed by atoms with Gasteiger partial charge in [-0.05, 0) is 25.5 Å². The number of aryl methyl sites for hydroxylation is 1. The molecule has 2 heterocycles. The highest BCUT2D eigenvalue weighted by atomic mass is 16.5. The predicted molar refractivity (Wildman–Crippen MR) is 98.3 cm³/mol. The van der Waals surface area contributed by atoms with Gasteiger partial charge in [-0.3, -0.25) is 0 Å². The van der Waals surface area contributed by atoms with Gasteiger partial charge in [-0.2, -0.15) is 4.98 Å². The second-order valence-corrected chi connectivity index (χ2v) is 5.89. The number of ether oxygens (including phenoxy) is 1. The summed E-state index contributed by atoms with van der Waals surface area (Å²) in [5.41, 5.74) is 3.12. The summed E-state index contributed by atoms with van der Waals surface area (Å²) in [7, 11) is 0. The number of rotatable bonds is 6. The molecule has 2 N–H and O–H groups in total. The first-order chi connectivity index (χ1) is 11.8. The van der Waals surface area contributed by atoms with Gasteiger partial charge in [0.2, 0.25) is 5.95 Å². The molecule has 0 amide bonds. The SMILES string of the molecule is CCCNc1cc(C)nc(Nc2ccccc2N2CCOCC2)n1. The number of morpholine rings is 1. The monoisotopic (exact) mass is 327 g/mol. The number of hydrogen-bond acceptors (Lipinski definition) is 6. The average Bonchev–Trinajstić information content (AvgIpc) is 2.61. The lowest BCUT2D eigenvalue weighted by molar-refractivity contribution is 0.123. The Morgan fingerprint density at radius 2 is 1.96 bits per heavy atom. The Morgan fingerprint density at radius 1 is 1.17 bits per heavy atom. The molecule has 0 radical (unpaired) electrons. The van der Waals surface area contributed by atoms with Crippen LogP contribution in [-0.4, -0.2) is 42.8 Å². The molecule has 1 aromatic heterocycles. The number of anilines is 4. The highest BCUT2D eigenvalue weighted by Crippen LogP contribution is 2.28. The van der Waals surface area contributed by atoms with Gasteiger partial charge in [0.15, 0.2) is 0 Å². The summed E-state index contributed by atoms with van der Waals surface area (Å²) in [5.74, 6) is 1.48. The van der Waals surface area contributed by atoms with Crippen molar-refractivity contribution in [2.24, 2.45) is 0 Å². The average molecular weight is 327 g/mol. The fraction of sp³-hybridized carbons (Fsp3) is 0.444. The molecule has 0 bridgehead atoms. The van der Waals surface area contributed by atoms with Crippen molar-refractivity contribution >= 4 is 23.1 Å². The van der Waals surface area contributed by atoms with Gasteiger partial charge in [0.25, 0.3) is 0 Å². The molecule has 24 heavy (non-hydrogen) atoms. The van der Waals surface area contributed by atoms with E-state index in [2.05, 4.69) is 50.6 Å². The summed E-state index contributed by atoms with van der Waals surface area (Å²) < 4.78 is 5.45. The van der Waals surface area contributed by atoms with Crippen LogP contribution in [0.5, 0.6) is 0 Å². The Hall–Kier alpha value is -2.34. The van der Waals surface area contributed by atoms with Crippen molar-refractivity contribution in [1.82, 2.24) is 9.97 Å². The molecule has 1 saturated heterocycles. The molecule has 6 nitrogen and oxygen atoms in total. The Kier molecular flexibility index (Phi) is 5.48. The molecule has 1 aliphatic heterocycles. The Bertz CT molecular complexity index is 670. The van der Waals surface area contributed by atoms with Crippen molar-refractivity contribution in [2.45, 2.75) is 20.3 Å². The molecule has 2 aromatic rings. The minimum absolute atomic E-state index is 0.620. The first-order valence-electron chi connectivity index (χ1n) is 8.54. The molecule has 1 aromatic carbocycles. The molecule has 0 aliphatic carbocycles. The van der Waals surface area contributed by atoms with Crippen LogP contribution >= 0.6 is 0 Å². The van der Waals surface area contributed by atoms with E-state index in [9.17, 15) is 0 Å². The van der Waals surface area contributed by atoms with Crippen molar-refractivity contribution in [1.29, 1.82) is 0 Å². The van der Waals surface area contributed by atoms with E-state index in [0.29, 0.717) is 5.95 Å². The van der Waals surface area contributed by atoms with Crippen molar-refractivity contribution in [3.63, 3.8) is 0 Å². The molecule has 1 fully saturated rings. The van der Waals surface area contributed by atoms with E-state index >= 15 is 0 Å². The third kappa shape index (κ3) is 4.14. The van der Waals surface area contributed by atoms with Crippen LogP contribution in [-0.2, 0) is 4.74 Å². The molecule has 0 atom stereocenters. The van der Waals surface area contributed by atoms with Crippen LogP contribution in [0, 0.1) is 6.92 Å². The first-order valence-corrected chi connectivity index (χ1v) is 8.54. The number of para-hydroxylation sites is 2. The van der Waals surface area contributed by atoms with Gasteiger partial charge in [0.1, 0.15) is 5.82 Å². The van der Waals surface area contributed by atoms with Gasteiger partial charge < -0.3 is 20.3 Å². The zero-order valence-electron chi connectivity index (χ0n) is 14.4. The van der Waals surface area contributed by atoms with E-state index in [4.69, 9.17) is 4.74 Å². The van der Waals surface area contributed by atoms with Crippen LogP contribution in [0.4, 0.5) is 23.1 Å². The fourth-order valence-electron chi connectivity index (χ4n) is 2.75. The second-order valence-electron chi connectivity index (χ2n) is 5.89. The predicted octanol–water partition coefficient (Wildman–Crippen LogP) is 3.19. The van der Waals surface area contributed by atoms with Crippen molar-refractivity contribution in [2.75, 3.05) is 48.4 Å². The lowest BCUT2D eigenvalue weighted by atomic mass is 10.2. The maximum absolute atomic E-state index is 5.45. The zero-order chi connectivity index (χ0) is 16.8. The fourth-order valence-corrected chi connectivity index (χ4v) is 2.75. The molecule has 0 saturated carbocycles. The van der Waals surface area contributed by atoms with Gasteiger partial charge in [0, 0.05) is 31.4 Å². The number of hydrogen-bond donors (Lipinski definition) is 2. The van der Waals surface area contributed by atoms with Crippen LogP contribution in [0.2, 0.25) is 0 Å². The minimum atomic E-state index is 0.620. The maximum atomic E-state index is 5.45. The van der Waals surface area contributed by atoms with Crippen LogP contribution in [0.3, 0.4) is 0 Å². The molecule has 0 spiro atoms. The lowest BCUT2D eigenvalue weighted by Gasteiger charge is -2.30. The summed E-state index contributed by atoms with van der Waals surface area (Å²) in [5, 5.41) is 6.70. The standard InChI is InChI=1S/C18H25N5O/c1-3-8-19-17-13-14(2)20-18(22-17)21-15-6-4-5-7-16(15)23-9-11-24-12-10-23/h4-7,13H,3,8-12H2,1-2H3,(H2,19,20,21,22). The summed E-state index contributed by atoms with van der Waals surface area (Å²) >= 11 is 0. The van der Waals surface area contributed by atoms with E-state index in [1.165, 1.54) is 0 Å². The molecule has 128 valence electrons. The summed E-state index contributed by atoms with van der Waals surface area (Å²) in [4.78, 5) is 11.4. The summed E-state index contributed by atoms with van der Waals surface area (Å²) in [6, 6.07) is 10.2. The van der Waals surface area contributed by atoms with Crippen molar-refractivity contribution < 1.29 is 4.74 Å². The number of nitrogens with one attached hydrogen (secondary N) is 2. The molecular weight excluding hydrogens is 302 g/mol. The lowest BCUT2D eigenvalue weighted by Crippen LogP contribution is -2.36. The van der Waals surface area contributed by atoms with E-state index in [-0.39, 0.29) is 0 Å². The number of nitrogens with zero attached hydrogens (tertiary/aromatic N) is 3. The summed E-state index contributed by atoms with van der Waals surface area (Å²) in [6.07, 6.45) is 1.06. The van der Waals surface area contributed by atoms with Crippen molar-refractivity contribution in [3.8, 4) is 0 Å². The zero-order valence-corrected chi connectivity index (χ0v) is 14.4. The molecule has 1 aliphatic rings. The highest BCUT2D eigenvalue weighted by molar-refractivity contribution is 5.73. The van der Waals surface area contributed by atoms with E-state index in [0.717, 1.165) is 62.2 Å². The van der Waals surface area contributed by atoms with Crippen LogP contribution in [0.15, 0.2) is 30.3 Å². The topological polar surface area (TPSA) is 62.3 Å². The van der Waals surface area contributed by atoms with Crippen LogP contribution in [0.25, 0.3) is 0 Å². The largest absolute Gasteiger partial charge is 0.378 e. The van der Waals surface area contributed by atoms with Gasteiger partial charge in [-0.15, -0.1) is 0 Å². The Morgan fingerprint density at radius 3 is 2.75 bits per heavy atom. The van der Waals surface area contributed by atoms with Gasteiger partial charge in [0.05, 0.1) is 24.6 Å². The quantitative estimate of drug-likeness (QED) is 0.850. The number of aromatic nitrogens is 2. The van der Waals surface area contributed by atoms with E-state index < -0.39 is 0 Å². The number of benzene rings is 1. The smallest absolute Gasteiger partial charge is 0.229 e. The third-order valence-corrected chi connectivity index (χ3v) is 3.91. The summed E-state index contributed by atoms with van der Waals surface area (Å²) in [6.45, 7) is 8.35. The Labute approximate surface area is 143 Å². The van der Waals surface area contributed by atoms with Gasteiger partial charge in [-0.25, -0.2) is 4.98 Å². The second kappa shape index (κ2) is 7.97. The van der Waals surface area contributed by atoms with E-state index in [1.807, 2.05) is 19.1 Å². The molecule has 6 heteroatoms. The van der Waals surface area contributed by atoms with Gasteiger partial charge >= 0.3 is 0 Å². The van der Waals surface area contributed by atoms with E-state index in [1.54, 1.807) is 0 Å². The molecular formula is C18H25N5O. The minimum Gasteiger partial charge on any atom is -0.378 e. The third-order valence-electron chi connectivity index (χ3n) is 3.91. The van der Waals surface area contributed by atoms with Gasteiger partial charge in [-0.1, -0.05) is 19.1 Å². The maximum Gasteiger partial charge on any atom is 0.229 e. The normalized spacial score (nSPS) is 14.5.